The molecule has 0 spiro atoms. The summed E-state index contributed by atoms with van der Waals surface area (Å²) < 4.78 is 6.06. The third kappa shape index (κ3) is 1.83. The number of ether oxygens (including phenoxy) is 1. The minimum Gasteiger partial charge on any atom is -0.468 e. The van der Waals surface area contributed by atoms with Gasteiger partial charge in [-0.05, 0) is 23.8 Å². The van der Waals surface area contributed by atoms with Gasteiger partial charge in [0, 0.05) is 0 Å². The Kier molecular flexibility index (Phi) is 2.83. The van der Waals surface area contributed by atoms with Crippen LogP contribution in [0.4, 0.5) is 0 Å². The molecule has 66 valence electrons. The zero-order chi connectivity index (χ0) is 9.14. The van der Waals surface area contributed by atoms with Crippen LogP contribution in [-0.4, -0.2) is 27.8 Å². The first-order chi connectivity index (χ1) is 5.65. The van der Waals surface area contributed by atoms with E-state index in [1.807, 2.05) is 0 Å². The average molecular weight is 208 g/mol. The van der Waals surface area contributed by atoms with E-state index in [1.54, 1.807) is 0 Å². The van der Waals surface area contributed by atoms with Crippen LogP contribution in [0.1, 0.15) is 0 Å². The van der Waals surface area contributed by atoms with Crippen molar-refractivity contribution in [1.82, 2.24) is 14.8 Å². The van der Waals surface area contributed by atoms with Crippen LogP contribution in [0.5, 0.6) is 0 Å². The van der Waals surface area contributed by atoms with E-state index in [0.29, 0.717) is 4.77 Å². The highest BCUT2D eigenvalue weighted by Crippen LogP contribution is 2.04. The molecular weight excluding hydrogens is 202 g/mol. The maximum absolute atomic E-state index is 10.8. The summed E-state index contributed by atoms with van der Waals surface area (Å²) in [5.41, 5.74) is 0. The highest BCUT2D eigenvalue weighted by atomic mass is 35.5. The molecule has 0 radical (unpaired) electrons. The second-order valence-electron chi connectivity index (χ2n) is 1.96. The predicted molar refractivity (Wildman–Crippen MR) is 44.4 cm³/mol. The van der Waals surface area contributed by atoms with Gasteiger partial charge in [0.1, 0.15) is 6.54 Å². The molecule has 0 aliphatic rings. The first-order valence-electron chi connectivity index (χ1n) is 3.02. The van der Waals surface area contributed by atoms with E-state index in [-0.39, 0.29) is 11.8 Å². The van der Waals surface area contributed by atoms with E-state index in [4.69, 9.17) is 23.8 Å². The summed E-state index contributed by atoms with van der Waals surface area (Å²) in [6.07, 6.45) is 0. The van der Waals surface area contributed by atoms with Gasteiger partial charge in [-0.25, -0.2) is 0 Å². The lowest BCUT2D eigenvalue weighted by Crippen LogP contribution is -2.11. The molecule has 0 fully saturated rings. The van der Waals surface area contributed by atoms with Gasteiger partial charge < -0.3 is 4.74 Å². The Morgan fingerprint density at radius 2 is 2.58 bits per heavy atom. The molecule has 0 saturated heterocycles. The van der Waals surface area contributed by atoms with Crippen molar-refractivity contribution < 1.29 is 9.53 Å². The lowest BCUT2D eigenvalue weighted by atomic mass is 10.6. The minimum atomic E-state index is -0.422. The van der Waals surface area contributed by atoms with Crippen LogP contribution in [0.15, 0.2) is 0 Å². The Morgan fingerprint density at radius 3 is 3.00 bits per heavy atom. The van der Waals surface area contributed by atoms with Gasteiger partial charge in [-0.15, -0.1) is 5.10 Å². The molecule has 0 aliphatic heterocycles. The van der Waals surface area contributed by atoms with Gasteiger partial charge in [0.05, 0.1) is 7.11 Å². The zero-order valence-electron chi connectivity index (χ0n) is 6.20. The molecule has 0 aliphatic carbocycles. The predicted octanol–water partition coefficient (Wildman–Crippen LogP) is 0.767. The Hall–Kier alpha value is -0.880. The molecule has 0 amide bonds. The lowest BCUT2D eigenvalue weighted by molar-refractivity contribution is -0.141. The van der Waals surface area contributed by atoms with Gasteiger partial charge in [-0.3, -0.25) is 14.5 Å². The van der Waals surface area contributed by atoms with Crippen LogP contribution in [0.25, 0.3) is 0 Å². The van der Waals surface area contributed by atoms with Crippen LogP contribution < -0.4 is 0 Å². The number of nitrogens with one attached hydrogen (secondary N) is 1. The third-order valence-electron chi connectivity index (χ3n) is 1.23. The number of methoxy groups -OCH3 is 1. The first kappa shape index (κ1) is 9.21. The standard InChI is InChI=1S/C5H6ClN3O2S/c1-11-3(10)2-9-4(6)7-8-5(9)12/h2H2,1H3,(H,8,12). The van der Waals surface area contributed by atoms with Crippen LogP contribution >= 0.6 is 23.8 Å². The van der Waals surface area contributed by atoms with Crippen molar-refractivity contribution in [3.63, 3.8) is 0 Å². The van der Waals surface area contributed by atoms with Gasteiger partial charge in [-0.2, -0.15) is 0 Å². The molecule has 5 nitrogen and oxygen atoms in total. The summed E-state index contributed by atoms with van der Waals surface area (Å²) in [7, 11) is 1.29. The summed E-state index contributed by atoms with van der Waals surface area (Å²) in [5.74, 6) is -0.422. The average Bonchev–Trinajstić information content (AvgIpc) is 2.35. The molecule has 1 rings (SSSR count). The van der Waals surface area contributed by atoms with E-state index in [2.05, 4.69) is 14.9 Å². The van der Waals surface area contributed by atoms with Crippen molar-refractivity contribution in [2.24, 2.45) is 0 Å². The fraction of sp³-hybridized carbons (Fsp3) is 0.400. The topological polar surface area (TPSA) is 59.9 Å². The number of rotatable bonds is 2. The molecule has 1 aromatic rings. The van der Waals surface area contributed by atoms with Crippen molar-refractivity contribution in [2.75, 3.05) is 7.11 Å². The summed E-state index contributed by atoms with van der Waals surface area (Å²) >= 11 is 10.4. The number of aromatic amines is 1. The second-order valence-corrected chi connectivity index (χ2v) is 2.68. The number of carbonyl (C=O) groups is 1. The van der Waals surface area contributed by atoms with Gasteiger partial charge in [0.2, 0.25) is 5.28 Å². The minimum absolute atomic E-state index is 0.0231. The normalized spacial score (nSPS) is 9.83. The number of hydrogen-bond donors (Lipinski definition) is 1. The molecule has 0 bridgehead atoms. The molecule has 0 aromatic carbocycles. The number of carbonyl (C=O) groups excluding carboxylic acids is 1. The molecule has 1 heterocycles. The molecule has 1 N–H and O–H groups in total. The number of H-pyrrole nitrogens is 1. The number of nitrogens with zero attached hydrogens (tertiary/aromatic N) is 2. The van der Waals surface area contributed by atoms with Crippen molar-refractivity contribution in [2.45, 2.75) is 6.54 Å². The van der Waals surface area contributed by atoms with Crippen LogP contribution in [-0.2, 0) is 16.1 Å². The van der Waals surface area contributed by atoms with Crippen molar-refractivity contribution >= 4 is 29.8 Å². The monoisotopic (exact) mass is 207 g/mol. The first-order valence-corrected chi connectivity index (χ1v) is 3.81. The number of halogens is 1. The van der Waals surface area contributed by atoms with Crippen molar-refractivity contribution in [3.8, 4) is 0 Å². The Bertz CT molecular complexity index is 345. The lowest BCUT2D eigenvalue weighted by Gasteiger charge is -1.99. The number of esters is 1. The summed E-state index contributed by atoms with van der Waals surface area (Å²) in [6.45, 7) is -0.0231. The van der Waals surface area contributed by atoms with Crippen molar-refractivity contribution in [1.29, 1.82) is 0 Å². The zero-order valence-corrected chi connectivity index (χ0v) is 7.78. The maximum Gasteiger partial charge on any atom is 0.325 e. The number of aromatic nitrogens is 3. The molecule has 0 atom stereocenters. The van der Waals surface area contributed by atoms with E-state index >= 15 is 0 Å². The fourth-order valence-electron chi connectivity index (χ4n) is 0.629. The van der Waals surface area contributed by atoms with Gasteiger partial charge in [0.25, 0.3) is 0 Å². The summed E-state index contributed by atoms with van der Waals surface area (Å²) in [4.78, 5) is 10.8. The molecule has 0 unspecified atom stereocenters. The smallest absolute Gasteiger partial charge is 0.325 e. The second kappa shape index (κ2) is 3.68. The molecule has 7 heteroatoms. The molecule has 12 heavy (non-hydrogen) atoms. The van der Waals surface area contributed by atoms with E-state index in [1.165, 1.54) is 11.7 Å². The van der Waals surface area contributed by atoms with Crippen LogP contribution in [0, 0.1) is 4.77 Å². The number of hydrogen-bond acceptors (Lipinski definition) is 4. The molecular formula is C5H6ClN3O2S. The van der Waals surface area contributed by atoms with Gasteiger partial charge >= 0.3 is 5.97 Å². The van der Waals surface area contributed by atoms with E-state index < -0.39 is 5.97 Å². The van der Waals surface area contributed by atoms with E-state index in [0.717, 1.165) is 0 Å². The maximum atomic E-state index is 10.8. The Balaban J connectivity index is 2.88. The Labute approximate surface area is 78.3 Å². The quantitative estimate of drug-likeness (QED) is 0.575. The van der Waals surface area contributed by atoms with Gasteiger partial charge in [0.15, 0.2) is 4.77 Å². The van der Waals surface area contributed by atoms with Gasteiger partial charge in [-0.1, -0.05) is 0 Å². The third-order valence-corrected chi connectivity index (χ3v) is 1.83. The SMILES string of the molecule is COC(=O)Cn1c(Cl)n[nH]c1=S. The largest absolute Gasteiger partial charge is 0.468 e. The highest BCUT2D eigenvalue weighted by Gasteiger charge is 2.07. The summed E-state index contributed by atoms with van der Waals surface area (Å²) in [5, 5.41) is 6.19. The highest BCUT2D eigenvalue weighted by molar-refractivity contribution is 7.71. The fourth-order valence-corrected chi connectivity index (χ4v) is 1.06. The molecule has 0 saturated carbocycles. The van der Waals surface area contributed by atoms with Crippen LogP contribution in [0.2, 0.25) is 5.28 Å². The van der Waals surface area contributed by atoms with Crippen molar-refractivity contribution in [3.05, 3.63) is 10.1 Å². The van der Waals surface area contributed by atoms with Crippen LogP contribution in [0.3, 0.4) is 0 Å². The molecule has 1 aromatic heterocycles. The summed E-state index contributed by atoms with van der Waals surface area (Å²) in [6, 6.07) is 0. The Morgan fingerprint density at radius 1 is 1.92 bits per heavy atom. The van der Waals surface area contributed by atoms with E-state index in [9.17, 15) is 4.79 Å².